The number of allylic oxidation sites excluding steroid dienone is 1. The van der Waals surface area contributed by atoms with Crippen LogP contribution in [0.15, 0.2) is 42.6 Å². The Morgan fingerprint density at radius 3 is 2.21 bits per heavy atom. The van der Waals surface area contributed by atoms with Crippen molar-refractivity contribution in [2.45, 2.75) is 0 Å². The minimum Gasteiger partial charge on any atom is -0.292 e. The lowest BCUT2D eigenvalue weighted by atomic mass is 10.2. The quantitative estimate of drug-likeness (QED) is 0.466. The van der Waals surface area contributed by atoms with Gasteiger partial charge in [0.25, 0.3) is 0 Å². The third-order valence-electron chi connectivity index (χ3n) is 1.93. The van der Waals surface area contributed by atoms with Gasteiger partial charge in [-0.1, -0.05) is 24.1 Å². The van der Waals surface area contributed by atoms with Crippen LogP contribution in [0.5, 0.6) is 0 Å². The minimum absolute atomic E-state index is 0.680. The summed E-state index contributed by atoms with van der Waals surface area (Å²) in [5.41, 5.74) is 1.94. The van der Waals surface area contributed by atoms with Gasteiger partial charge in [0.05, 0.1) is 21.1 Å². The number of hydrogen-bond acceptors (Lipinski definition) is 0. The molecule has 0 spiro atoms. The van der Waals surface area contributed by atoms with E-state index in [1.54, 1.807) is 0 Å². The standard InChI is InChI=1S/C13H16N/c1-12(14(2,3)4)10-11-13-8-6-5-7-9-13/h5-9H,1H2,2-4H3/q+1. The molecule has 0 amide bonds. The molecule has 1 nitrogen and oxygen atoms in total. The van der Waals surface area contributed by atoms with Crippen molar-refractivity contribution in [1.82, 2.24) is 0 Å². The second-order valence-corrected chi connectivity index (χ2v) is 4.08. The number of rotatable bonds is 1. The van der Waals surface area contributed by atoms with Crippen molar-refractivity contribution >= 4 is 0 Å². The molecule has 0 heterocycles. The molecular weight excluding hydrogens is 170 g/mol. The van der Waals surface area contributed by atoms with E-state index in [9.17, 15) is 0 Å². The zero-order valence-corrected chi connectivity index (χ0v) is 9.04. The van der Waals surface area contributed by atoms with Gasteiger partial charge in [0, 0.05) is 5.56 Å². The van der Waals surface area contributed by atoms with Gasteiger partial charge in [0.1, 0.15) is 0 Å². The SMILES string of the molecule is C=C(C#Cc1ccccc1)[N+](C)(C)C. The summed E-state index contributed by atoms with van der Waals surface area (Å²) in [6.45, 7) is 3.94. The van der Waals surface area contributed by atoms with Crippen molar-refractivity contribution in [2.75, 3.05) is 21.1 Å². The molecule has 0 bridgehead atoms. The highest BCUT2D eigenvalue weighted by atomic mass is 15.3. The fourth-order valence-electron chi connectivity index (χ4n) is 0.834. The van der Waals surface area contributed by atoms with Crippen LogP contribution >= 0.6 is 0 Å². The Morgan fingerprint density at radius 1 is 1.14 bits per heavy atom. The highest BCUT2D eigenvalue weighted by Crippen LogP contribution is 2.03. The Labute approximate surface area is 86.3 Å². The van der Waals surface area contributed by atoms with Crippen LogP contribution in [0.25, 0.3) is 0 Å². The number of nitrogens with zero attached hydrogens (tertiary/aromatic N) is 1. The highest BCUT2D eigenvalue weighted by Gasteiger charge is 2.09. The second-order valence-electron chi connectivity index (χ2n) is 4.08. The van der Waals surface area contributed by atoms with E-state index in [1.165, 1.54) is 0 Å². The van der Waals surface area contributed by atoms with E-state index in [0.29, 0.717) is 4.48 Å². The zero-order valence-electron chi connectivity index (χ0n) is 9.04. The van der Waals surface area contributed by atoms with Crippen molar-refractivity contribution in [3.05, 3.63) is 48.2 Å². The molecule has 1 heteroatoms. The Hall–Kier alpha value is -1.52. The summed E-state index contributed by atoms with van der Waals surface area (Å²) in [4.78, 5) is 0. The van der Waals surface area contributed by atoms with Gasteiger partial charge >= 0.3 is 0 Å². The van der Waals surface area contributed by atoms with Crippen molar-refractivity contribution in [3.8, 4) is 11.8 Å². The van der Waals surface area contributed by atoms with Crippen LogP contribution in [0.2, 0.25) is 0 Å². The van der Waals surface area contributed by atoms with Gasteiger partial charge in [-0.05, 0) is 24.6 Å². The summed E-state index contributed by atoms with van der Waals surface area (Å²) >= 11 is 0. The molecule has 0 saturated heterocycles. The molecule has 0 aliphatic heterocycles. The second kappa shape index (κ2) is 4.13. The fraction of sp³-hybridized carbons (Fsp3) is 0.231. The Morgan fingerprint density at radius 2 is 1.71 bits per heavy atom. The zero-order chi connectivity index (χ0) is 10.6. The van der Waals surface area contributed by atoms with E-state index in [0.717, 1.165) is 11.3 Å². The van der Waals surface area contributed by atoms with Crippen LogP contribution < -0.4 is 0 Å². The van der Waals surface area contributed by atoms with Crippen molar-refractivity contribution in [2.24, 2.45) is 0 Å². The fourth-order valence-corrected chi connectivity index (χ4v) is 0.834. The summed E-state index contributed by atoms with van der Waals surface area (Å²) in [5, 5.41) is 0. The summed E-state index contributed by atoms with van der Waals surface area (Å²) in [7, 11) is 6.17. The molecule has 1 aromatic rings. The lowest BCUT2D eigenvalue weighted by Gasteiger charge is -2.21. The molecule has 0 fully saturated rings. The first-order valence-electron chi connectivity index (χ1n) is 4.58. The van der Waals surface area contributed by atoms with E-state index in [4.69, 9.17) is 0 Å². The lowest BCUT2D eigenvalue weighted by molar-refractivity contribution is -0.826. The molecular formula is C13H16N+. The molecule has 0 aliphatic rings. The van der Waals surface area contributed by atoms with Gasteiger partial charge in [0.15, 0.2) is 5.70 Å². The Balaban J connectivity index is 2.80. The predicted octanol–water partition coefficient (Wildman–Crippen LogP) is 2.26. The summed E-state index contributed by atoms with van der Waals surface area (Å²) in [5.74, 6) is 6.15. The Kier molecular flexibility index (Phi) is 3.11. The number of benzene rings is 1. The van der Waals surface area contributed by atoms with Gasteiger partial charge in [-0.15, -0.1) is 0 Å². The van der Waals surface area contributed by atoms with Gasteiger partial charge < -0.3 is 0 Å². The number of quaternary nitrogens is 1. The molecule has 0 aliphatic carbocycles. The first-order chi connectivity index (χ1) is 6.50. The third kappa shape index (κ3) is 3.08. The molecule has 0 unspecified atom stereocenters. The van der Waals surface area contributed by atoms with Crippen LogP contribution in [0.4, 0.5) is 0 Å². The maximum Gasteiger partial charge on any atom is 0.176 e. The van der Waals surface area contributed by atoms with Gasteiger partial charge in [-0.2, -0.15) is 0 Å². The van der Waals surface area contributed by atoms with Crippen molar-refractivity contribution in [1.29, 1.82) is 0 Å². The first-order valence-corrected chi connectivity index (χ1v) is 4.58. The molecule has 0 aromatic heterocycles. The average Bonchev–Trinajstić information content (AvgIpc) is 2.14. The lowest BCUT2D eigenvalue weighted by Crippen LogP contribution is -2.31. The smallest absolute Gasteiger partial charge is 0.176 e. The number of hydrogen-bond donors (Lipinski definition) is 0. The largest absolute Gasteiger partial charge is 0.292 e. The molecule has 0 atom stereocenters. The van der Waals surface area contributed by atoms with Gasteiger partial charge in [-0.3, -0.25) is 4.48 Å². The maximum atomic E-state index is 3.94. The topological polar surface area (TPSA) is 0 Å². The summed E-state index contributed by atoms with van der Waals surface area (Å²) < 4.78 is 0.680. The van der Waals surface area contributed by atoms with Gasteiger partial charge in [-0.25, -0.2) is 0 Å². The molecule has 72 valence electrons. The highest BCUT2D eigenvalue weighted by molar-refractivity contribution is 5.37. The molecule has 0 N–H and O–H groups in total. The molecule has 0 radical (unpaired) electrons. The van der Waals surface area contributed by atoms with E-state index < -0.39 is 0 Å². The normalized spacial score (nSPS) is 10.2. The minimum atomic E-state index is 0.680. The first kappa shape index (κ1) is 10.6. The average molecular weight is 186 g/mol. The van der Waals surface area contributed by atoms with Crippen molar-refractivity contribution in [3.63, 3.8) is 0 Å². The maximum absolute atomic E-state index is 3.94. The molecule has 1 rings (SSSR count). The van der Waals surface area contributed by atoms with Crippen molar-refractivity contribution < 1.29 is 4.48 Å². The predicted molar refractivity (Wildman–Crippen MR) is 60.5 cm³/mol. The van der Waals surface area contributed by atoms with E-state index in [1.807, 2.05) is 30.3 Å². The molecule has 14 heavy (non-hydrogen) atoms. The van der Waals surface area contributed by atoms with Crippen LogP contribution in [-0.4, -0.2) is 25.6 Å². The van der Waals surface area contributed by atoms with Crippen LogP contribution in [0, 0.1) is 11.8 Å². The van der Waals surface area contributed by atoms with E-state index in [-0.39, 0.29) is 0 Å². The van der Waals surface area contributed by atoms with Crippen LogP contribution in [0.3, 0.4) is 0 Å². The van der Waals surface area contributed by atoms with Gasteiger partial charge in [0.2, 0.25) is 0 Å². The summed E-state index contributed by atoms with van der Waals surface area (Å²) in [6, 6.07) is 9.95. The van der Waals surface area contributed by atoms with E-state index in [2.05, 4.69) is 39.6 Å². The molecule has 0 saturated carbocycles. The molecule has 1 aromatic carbocycles. The Bertz CT molecular complexity index is 371. The van der Waals surface area contributed by atoms with Crippen LogP contribution in [-0.2, 0) is 0 Å². The third-order valence-corrected chi connectivity index (χ3v) is 1.93. The monoisotopic (exact) mass is 186 g/mol. The van der Waals surface area contributed by atoms with Crippen LogP contribution in [0.1, 0.15) is 5.56 Å². The summed E-state index contributed by atoms with van der Waals surface area (Å²) in [6.07, 6.45) is 0. The van der Waals surface area contributed by atoms with E-state index >= 15 is 0 Å².